The van der Waals surface area contributed by atoms with Crippen LogP contribution in [-0.2, 0) is 6.54 Å². The SMILES string of the molecule is [CH2]c1nc2ccc(Cl)cc2n1CCC. The van der Waals surface area contributed by atoms with E-state index in [4.69, 9.17) is 11.6 Å². The summed E-state index contributed by atoms with van der Waals surface area (Å²) in [6.45, 7) is 6.99. The number of halogens is 1. The summed E-state index contributed by atoms with van der Waals surface area (Å²) < 4.78 is 2.10. The smallest absolute Gasteiger partial charge is 0.110 e. The molecule has 1 radical (unpaired) electrons. The van der Waals surface area contributed by atoms with Crippen LogP contribution in [0.4, 0.5) is 0 Å². The van der Waals surface area contributed by atoms with Crippen molar-refractivity contribution in [2.24, 2.45) is 0 Å². The first-order valence-electron chi connectivity index (χ1n) is 4.70. The van der Waals surface area contributed by atoms with Crippen LogP contribution in [0.2, 0.25) is 5.02 Å². The maximum atomic E-state index is 5.94. The molecule has 0 aliphatic carbocycles. The quantitative estimate of drug-likeness (QED) is 0.739. The lowest BCUT2D eigenvalue weighted by Gasteiger charge is -2.03. The van der Waals surface area contributed by atoms with Crippen molar-refractivity contribution < 1.29 is 0 Å². The highest BCUT2D eigenvalue weighted by molar-refractivity contribution is 6.31. The van der Waals surface area contributed by atoms with Crippen molar-refractivity contribution in [1.29, 1.82) is 0 Å². The zero-order valence-corrected chi connectivity index (χ0v) is 8.88. The van der Waals surface area contributed by atoms with Crippen molar-refractivity contribution in [2.45, 2.75) is 19.9 Å². The van der Waals surface area contributed by atoms with Crippen LogP contribution >= 0.6 is 11.6 Å². The Hall–Kier alpha value is -1.02. The Bertz CT molecular complexity index is 460. The predicted molar refractivity (Wildman–Crippen MR) is 59.5 cm³/mol. The van der Waals surface area contributed by atoms with Crippen LogP contribution in [0.5, 0.6) is 0 Å². The van der Waals surface area contributed by atoms with Crippen molar-refractivity contribution in [3.63, 3.8) is 0 Å². The van der Waals surface area contributed by atoms with Gasteiger partial charge >= 0.3 is 0 Å². The molecule has 2 nitrogen and oxygen atoms in total. The molecule has 2 rings (SSSR count). The summed E-state index contributed by atoms with van der Waals surface area (Å²) in [6.07, 6.45) is 1.07. The van der Waals surface area contributed by atoms with Crippen LogP contribution in [0, 0.1) is 6.92 Å². The second-order valence-electron chi connectivity index (χ2n) is 3.31. The van der Waals surface area contributed by atoms with Crippen molar-refractivity contribution in [2.75, 3.05) is 0 Å². The average molecular weight is 208 g/mol. The normalized spacial score (nSPS) is 11.1. The fraction of sp³-hybridized carbons (Fsp3) is 0.273. The minimum Gasteiger partial charge on any atom is -0.328 e. The minimum atomic E-state index is 0.745. The van der Waals surface area contributed by atoms with Crippen molar-refractivity contribution in [3.8, 4) is 0 Å². The van der Waals surface area contributed by atoms with Gasteiger partial charge in [-0.2, -0.15) is 0 Å². The molecule has 0 aliphatic rings. The zero-order valence-electron chi connectivity index (χ0n) is 8.13. The van der Waals surface area contributed by atoms with E-state index in [2.05, 4.69) is 23.4 Å². The third kappa shape index (κ3) is 1.50. The van der Waals surface area contributed by atoms with Gasteiger partial charge in [-0.1, -0.05) is 18.5 Å². The summed E-state index contributed by atoms with van der Waals surface area (Å²) in [7, 11) is 0. The number of imidazole rings is 1. The molecule has 0 spiro atoms. The summed E-state index contributed by atoms with van der Waals surface area (Å²) in [5, 5.41) is 0.745. The molecular formula is C11H12ClN2. The summed E-state index contributed by atoms with van der Waals surface area (Å²) in [6, 6.07) is 5.72. The molecular weight excluding hydrogens is 196 g/mol. The van der Waals surface area contributed by atoms with Crippen LogP contribution in [0.25, 0.3) is 11.0 Å². The van der Waals surface area contributed by atoms with E-state index in [0.717, 1.165) is 34.8 Å². The van der Waals surface area contributed by atoms with E-state index in [1.165, 1.54) is 0 Å². The first-order chi connectivity index (χ1) is 6.72. The van der Waals surface area contributed by atoms with Crippen molar-refractivity contribution in [3.05, 3.63) is 36.0 Å². The highest BCUT2D eigenvalue weighted by Crippen LogP contribution is 2.20. The molecule has 0 fully saturated rings. The topological polar surface area (TPSA) is 17.8 Å². The monoisotopic (exact) mass is 207 g/mol. The number of rotatable bonds is 2. The van der Waals surface area contributed by atoms with Crippen LogP contribution < -0.4 is 0 Å². The third-order valence-electron chi connectivity index (χ3n) is 2.24. The lowest BCUT2D eigenvalue weighted by atomic mass is 10.3. The Balaban J connectivity index is 2.66. The van der Waals surface area contributed by atoms with Crippen molar-refractivity contribution in [1.82, 2.24) is 9.55 Å². The minimum absolute atomic E-state index is 0.745. The number of hydrogen-bond acceptors (Lipinski definition) is 1. The molecule has 0 amide bonds. The van der Waals surface area contributed by atoms with E-state index in [1.807, 2.05) is 18.2 Å². The van der Waals surface area contributed by atoms with Gasteiger partial charge in [0.25, 0.3) is 0 Å². The molecule has 14 heavy (non-hydrogen) atoms. The molecule has 0 N–H and O–H groups in total. The Morgan fingerprint density at radius 2 is 2.29 bits per heavy atom. The maximum absolute atomic E-state index is 5.94. The Morgan fingerprint density at radius 1 is 1.50 bits per heavy atom. The fourth-order valence-corrected chi connectivity index (χ4v) is 1.79. The second-order valence-corrected chi connectivity index (χ2v) is 3.75. The van der Waals surface area contributed by atoms with Crippen LogP contribution in [0.3, 0.4) is 0 Å². The Labute approximate surface area is 88.5 Å². The molecule has 0 aliphatic heterocycles. The molecule has 0 bridgehead atoms. The van der Waals surface area contributed by atoms with Gasteiger partial charge in [0.05, 0.1) is 11.0 Å². The average Bonchev–Trinajstić information content (AvgIpc) is 2.45. The molecule has 0 saturated carbocycles. The van der Waals surface area contributed by atoms with Crippen LogP contribution in [0.1, 0.15) is 19.2 Å². The van der Waals surface area contributed by atoms with Gasteiger partial charge in [-0.05, 0) is 24.6 Å². The summed E-state index contributed by atoms with van der Waals surface area (Å²) in [5.74, 6) is 0.809. The van der Waals surface area contributed by atoms with Gasteiger partial charge in [-0.3, -0.25) is 0 Å². The molecule has 1 aromatic carbocycles. The second kappa shape index (κ2) is 3.62. The molecule has 0 unspecified atom stereocenters. The number of hydrogen-bond donors (Lipinski definition) is 0. The number of benzene rings is 1. The van der Waals surface area contributed by atoms with E-state index in [1.54, 1.807) is 0 Å². The molecule has 73 valence electrons. The number of nitrogens with zero attached hydrogens (tertiary/aromatic N) is 2. The van der Waals surface area contributed by atoms with Gasteiger partial charge < -0.3 is 4.57 Å². The lowest BCUT2D eigenvalue weighted by Crippen LogP contribution is -1.98. The van der Waals surface area contributed by atoms with E-state index >= 15 is 0 Å². The highest BCUT2D eigenvalue weighted by atomic mass is 35.5. The largest absolute Gasteiger partial charge is 0.328 e. The van der Waals surface area contributed by atoms with E-state index in [9.17, 15) is 0 Å². The number of fused-ring (bicyclic) bond motifs is 1. The van der Waals surface area contributed by atoms with Gasteiger partial charge in [-0.15, -0.1) is 0 Å². The van der Waals surface area contributed by atoms with Gasteiger partial charge in [0.2, 0.25) is 0 Å². The molecule has 0 saturated heterocycles. The molecule has 0 atom stereocenters. The van der Waals surface area contributed by atoms with Crippen LogP contribution in [0.15, 0.2) is 18.2 Å². The van der Waals surface area contributed by atoms with Gasteiger partial charge in [0.15, 0.2) is 0 Å². The fourth-order valence-electron chi connectivity index (χ4n) is 1.62. The Kier molecular flexibility index (Phi) is 2.46. The van der Waals surface area contributed by atoms with Crippen molar-refractivity contribution >= 4 is 22.6 Å². The third-order valence-corrected chi connectivity index (χ3v) is 2.47. The van der Waals surface area contributed by atoms with Gasteiger partial charge in [0.1, 0.15) is 5.82 Å². The van der Waals surface area contributed by atoms with Gasteiger partial charge in [0, 0.05) is 18.5 Å². The van der Waals surface area contributed by atoms with Gasteiger partial charge in [-0.25, -0.2) is 4.98 Å². The highest BCUT2D eigenvalue weighted by Gasteiger charge is 2.06. The molecule has 1 heterocycles. The Morgan fingerprint density at radius 3 is 3.00 bits per heavy atom. The molecule has 3 heteroatoms. The predicted octanol–water partition coefficient (Wildman–Crippen LogP) is 3.28. The molecule has 2 aromatic rings. The number of aryl methyl sites for hydroxylation is 1. The van der Waals surface area contributed by atoms with E-state index < -0.39 is 0 Å². The maximum Gasteiger partial charge on any atom is 0.110 e. The standard InChI is InChI=1S/C11H12ClN2/c1-3-6-14-8(2)13-10-5-4-9(12)7-11(10)14/h4-5,7H,2-3,6H2,1H3. The first-order valence-corrected chi connectivity index (χ1v) is 5.08. The lowest BCUT2D eigenvalue weighted by molar-refractivity contribution is 0.686. The zero-order chi connectivity index (χ0) is 10.1. The summed E-state index contributed by atoms with van der Waals surface area (Å²) in [5.41, 5.74) is 2.04. The first kappa shape index (κ1) is 9.53. The van der Waals surface area contributed by atoms with Crippen LogP contribution in [-0.4, -0.2) is 9.55 Å². The van der Waals surface area contributed by atoms with E-state index in [-0.39, 0.29) is 0 Å². The summed E-state index contributed by atoms with van der Waals surface area (Å²) in [4.78, 5) is 4.37. The van der Waals surface area contributed by atoms with E-state index in [0.29, 0.717) is 0 Å². The summed E-state index contributed by atoms with van der Waals surface area (Å²) >= 11 is 5.94. The number of aromatic nitrogens is 2. The molecule has 1 aromatic heterocycles.